The number of carbonyl (C=O) groups is 2. The number of Topliss-reactive ketones (excluding diaryl/α,β-unsaturated/α-hetero) is 1. The molecule has 0 radical (unpaired) electrons. The van der Waals surface area contributed by atoms with Gasteiger partial charge in [-0.2, -0.15) is 0 Å². The van der Waals surface area contributed by atoms with Crippen LogP contribution in [0.25, 0.3) is 0 Å². The normalized spacial score (nSPS) is 26.9. The van der Waals surface area contributed by atoms with Gasteiger partial charge in [-0.1, -0.05) is 26.0 Å². The lowest BCUT2D eigenvalue weighted by atomic mass is 9.70. The molecule has 0 saturated carbocycles. The van der Waals surface area contributed by atoms with E-state index in [2.05, 4.69) is 0 Å². The summed E-state index contributed by atoms with van der Waals surface area (Å²) in [5.74, 6) is -2.31. The zero-order valence-electron chi connectivity index (χ0n) is 16.2. The van der Waals surface area contributed by atoms with Gasteiger partial charge < -0.3 is 19.3 Å². The van der Waals surface area contributed by atoms with Gasteiger partial charge in [0.1, 0.15) is 11.5 Å². The molecule has 3 rings (SSSR count). The average molecular weight is 374 g/mol. The van der Waals surface area contributed by atoms with Crippen LogP contribution in [0.4, 0.5) is 0 Å². The molecular formula is C21H26O6. The Bertz CT molecular complexity index is 776. The molecule has 1 N–H and O–H groups in total. The highest BCUT2D eigenvalue weighted by molar-refractivity contribution is 5.99. The van der Waals surface area contributed by atoms with Gasteiger partial charge in [-0.3, -0.25) is 4.79 Å². The molecule has 6 heteroatoms. The van der Waals surface area contributed by atoms with Crippen molar-refractivity contribution in [3.8, 4) is 5.75 Å². The molecule has 0 fully saturated rings. The third-order valence-electron chi connectivity index (χ3n) is 5.11. The molecule has 1 aliphatic heterocycles. The Morgan fingerprint density at radius 3 is 2.52 bits per heavy atom. The Labute approximate surface area is 159 Å². The van der Waals surface area contributed by atoms with Crippen LogP contribution in [0.2, 0.25) is 0 Å². The van der Waals surface area contributed by atoms with E-state index in [1.165, 1.54) is 0 Å². The molecule has 0 amide bonds. The highest BCUT2D eigenvalue weighted by Gasteiger charge is 2.52. The first-order valence-corrected chi connectivity index (χ1v) is 9.18. The minimum atomic E-state index is -2.10. The summed E-state index contributed by atoms with van der Waals surface area (Å²) in [6.45, 7) is 5.74. The maximum atomic E-state index is 12.9. The molecule has 146 valence electrons. The van der Waals surface area contributed by atoms with Crippen LogP contribution in [-0.4, -0.2) is 36.4 Å². The van der Waals surface area contributed by atoms with Crippen molar-refractivity contribution in [3.63, 3.8) is 0 Å². The third kappa shape index (κ3) is 3.72. The van der Waals surface area contributed by atoms with Gasteiger partial charge in [0.05, 0.1) is 13.7 Å². The van der Waals surface area contributed by atoms with Crippen LogP contribution in [-0.2, 0) is 19.1 Å². The second kappa shape index (κ2) is 7.00. The number of ether oxygens (including phenoxy) is 3. The van der Waals surface area contributed by atoms with Crippen molar-refractivity contribution in [3.05, 3.63) is 41.2 Å². The predicted molar refractivity (Wildman–Crippen MR) is 98.1 cm³/mol. The first-order chi connectivity index (χ1) is 12.7. The molecule has 27 heavy (non-hydrogen) atoms. The summed E-state index contributed by atoms with van der Waals surface area (Å²) in [4.78, 5) is 25.3. The van der Waals surface area contributed by atoms with E-state index in [1.807, 2.05) is 26.0 Å². The fraction of sp³-hybridized carbons (Fsp3) is 0.524. The van der Waals surface area contributed by atoms with E-state index < -0.39 is 17.7 Å². The van der Waals surface area contributed by atoms with Crippen molar-refractivity contribution in [1.29, 1.82) is 0 Å². The first kappa shape index (κ1) is 19.4. The van der Waals surface area contributed by atoms with Gasteiger partial charge in [-0.05, 0) is 30.0 Å². The minimum Gasteiger partial charge on any atom is -0.497 e. The number of allylic oxidation sites excluding steroid dienone is 2. The number of carbonyl (C=O) groups excluding carboxylic acids is 2. The number of hydrogen-bond acceptors (Lipinski definition) is 6. The van der Waals surface area contributed by atoms with Crippen molar-refractivity contribution in [1.82, 2.24) is 0 Å². The van der Waals surface area contributed by atoms with Crippen LogP contribution in [0.1, 0.15) is 51.5 Å². The summed E-state index contributed by atoms with van der Waals surface area (Å²) in [6.07, 6.45) is 0.811. The number of benzene rings is 1. The average Bonchev–Trinajstić information content (AvgIpc) is 2.60. The van der Waals surface area contributed by atoms with E-state index in [0.29, 0.717) is 29.9 Å². The highest BCUT2D eigenvalue weighted by Crippen LogP contribution is 2.49. The lowest BCUT2D eigenvalue weighted by Crippen LogP contribution is -2.49. The standard InChI is InChI=1S/C21H26O6/c1-5-26-19(23)21(24)10-15(13-6-8-14(25-4)9-7-13)18-16(22)11-20(2,3)12-17(18)27-21/h6-9,15,24H,5,10-12H2,1-4H3/t15-,21?/m0/s1. The summed E-state index contributed by atoms with van der Waals surface area (Å²) in [5, 5.41) is 10.9. The number of rotatable bonds is 4. The minimum absolute atomic E-state index is 0.00650. The van der Waals surface area contributed by atoms with Gasteiger partial charge in [-0.15, -0.1) is 0 Å². The lowest BCUT2D eigenvalue weighted by Gasteiger charge is -2.42. The lowest BCUT2D eigenvalue weighted by molar-refractivity contribution is -0.225. The monoisotopic (exact) mass is 374 g/mol. The van der Waals surface area contributed by atoms with E-state index >= 15 is 0 Å². The maximum absolute atomic E-state index is 12.9. The quantitative estimate of drug-likeness (QED) is 0.816. The van der Waals surface area contributed by atoms with E-state index in [-0.39, 0.29) is 24.2 Å². The van der Waals surface area contributed by atoms with Crippen molar-refractivity contribution in [2.75, 3.05) is 13.7 Å². The topological polar surface area (TPSA) is 82.1 Å². The van der Waals surface area contributed by atoms with E-state index in [9.17, 15) is 14.7 Å². The molecule has 1 aromatic rings. The number of aliphatic hydroxyl groups is 1. The van der Waals surface area contributed by atoms with E-state index in [1.54, 1.807) is 26.2 Å². The SMILES string of the molecule is CCOC(=O)C1(O)C[C@@H](c2ccc(OC)cc2)C2=C(CC(C)(C)CC2=O)O1. The van der Waals surface area contributed by atoms with Gasteiger partial charge >= 0.3 is 11.8 Å². The molecule has 0 bridgehead atoms. The van der Waals surface area contributed by atoms with Crippen molar-refractivity contribution < 1.29 is 28.9 Å². The summed E-state index contributed by atoms with van der Waals surface area (Å²) in [7, 11) is 1.58. The van der Waals surface area contributed by atoms with Crippen LogP contribution in [0.3, 0.4) is 0 Å². The number of esters is 1. The fourth-order valence-corrected chi connectivity index (χ4v) is 3.87. The number of hydrogen-bond donors (Lipinski definition) is 1. The smallest absolute Gasteiger partial charge is 0.379 e. The molecule has 6 nitrogen and oxygen atoms in total. The summed E-state index contributed by atoms with van der Waals surface area (Å²) in [6, 6.07) is 7.29. The van der Waals surface area contributed by atoms with Crippen LogP contribution < -0.4 is 4.74 Å². The largest absolute Gasteiger partial charge is 0.497 e. The van der Waals surface area contributed by atoms with E-state index in [4.69, 9.17) is 14.2 Å². The summed E-state index contributed by atoms with van der Waals surface area (Å²) in [5.41, 5.74) is 1.07. The Kier molecular flexibility index (Phi) is 5.04. The molecule has 0 aromatic heterocycles. The Hall–Kier alpha value is -2.34. The first-order valence-electron chi connectivity index (χ1n) is 9.18. The van der Waals surface area contributed by atoms with Crippen LogP contribution in [0.5, 0.6) is 5.75 Å². The molecule has 1 aromatic carbocycles. The zero-order chi connectivity index (χ0) is 19.8. The van der Waals surface area contributed by atoms with Gasteiger partial charge in [0.25, 0.3) is 0 Å². The second-order valence-corrected chi connectivity index (χ2v) is 7.91. The second-order valence-electron chi connectivity index (χ2n) is 7.91. The van der Waals surface area contributed by atoms with Crippen LogP contribution >= 0.6 is 0 Å². The Balaban J connectivity index is 2.07. The third-order valence-corrected chi connectivity index (χ3v) is 5.11. The molecule has 2 atom stereocenters. The number of ketones is 1. The van der Waals surface area contributed by atoms with Gasteiger partial charge in [-0.25, -0.2) is 4.79 Å². The molecule has 1 heterocycles. The predicted octanol–water partition coefficient (Wildman–Crippen LogP) is 3.09. The molecular weight excluding hydrogens is 348 g/mol. The maximum Gasteiger partial charge on any atom is 0.379 e. The van der Waals surface area contributed by atoms with Crippen molar-refractivity contribution in [2.24, 2.45) is 5.41 Å². The fourth-order valence-electron chi connectivity index (χ4n) is 3.87. The highest BCUT2D eigenvalue weighted by atomic mass is 16.7. The van der Waals surface area contributed by atoms with Crippen molar-refractivity contribution >= 4 is 11.8 Å². The van der Waals surface area contributed by atoms with Crippen LogP contribution in [0, 0.1) is 5.41 Å². The van der Waals surface area contributed by atoms with E-state index in [0.717, 1.165) is 5.56 Å². The Morgan fingerprint density at radius 2 is 1.93 bits per heavy atom. The molecule has 0 saturated heterocycles. The molecule has 1 unspecified atom stereocenters. The molecule has 2 aliphatic rings. The van der Waals surface area contributed by atoms with Gasteiger partial charge in [0.15, 0.2) is 5.78 Å². The van der Waals surface area contributed by atoms with Crippen LogP contribution in [0.15, 0.2) is 35.6 Å². The molecule has 1 aliphatic carbocycles. The zero-order valence-corrected chi connectivity index (χ0v) is 16.2. The summed E-state index contributed by atoms with van der Waals surface area (Å²) < 4.78 is 15.9. The molecule has 0 spiro atoms. The van der Waals surface area contributed by atoms with Gasteiger partial charge in [0, 0.05) is 30.8 Å². The van der Waals surface area contributed by atoms with Crippen molar-refractivity contribution in [2.45, 2.75) is 51.7 Å². The number of methoxy groups -OCH3 is 1. The van der Waals surface area contributed by atoms with Gasteiger partial charge in [0.2, 0.25) is 0 Å². The Morgan fingerprint density at radius 1 is 1.26 bits per heavy atom. The summed E-state index contributed by atoms with van der Waals surface area (Å²) >= 11 is 0.